The van der Waals surface area contributed by atoms with Crippen LogP contribution in [0, 0.1) is 0 Å². The summed E-state index contributed by atoms with van der Waals surface area (Å²) in [6, 6.07) is 10.3. The Balaban J connectivity index is 2.24. The lowest BCUT2D eigenvalue weighted by atomic mass is 9.82. The van der Waals surface area contributed by atoms with Crippen LogP contribution in [0.5, 0.6) is 0 Å². The predicted octanol–water partition coefficient (Wildman–Crippen LogP) is 3.17. The fraction of sp³-hybridized carbons (Fsp3) is 0.417. The van der Waals surface area contributed by atoms with E-state index in [4.69, 9.17) is 5.21 Å². The number of oxime groups is 1. The van der Waals surface area contributed by atoms with Crippen molar-refractivity contribution in [3.8, 4) is 0 Å². The van der Waals surface area contributed by atoms with Gasteiger partial charge in [-0.2, -0.15) is 0 Å². The molecule has 0 amide bonds. The molecular weight excluding hydrogens is 174 g/mol. The first-order chi connectivity index (χ1) is 6.92. The molecular formula is C12H15NO. The van der Waals surface area contributed by atoms with Gasteiger partial charge in [-0.25, -0.2) is 0 Å². The van der Waals surface area contributed by atoms with Crippen LogP contribution in [0.1, 0.15) is 37.2 Å². The average Bonchev–Trinajstić information content (AvgIpc) is 2.30. The maximum atomic E-state index is 8.91. The highest BCUT2D eigenvalue weighted by molar-refractivity contribution is 5.91. The second kappa shape index (κ2) is 4.27. The van der Waals surface area contributed by atoms with Crippen molar-refractivity contribution < 1.29 is 5.21 Å². The van der Waals surface area contributed by atoms with Gasteiger partial charge in [0.15, 0.2) is 0 Å². The van der Waals surface area contributed by atoms with E-state index < -0.39 is 0 Å². The van der Waals surface area contributed by atoms with Crippen LogP contribution in [0.15, 0.2) is 35.5 Å². The van der Waals surface area contributed by atoms with E-state index in [1.54, 1.807) is 0 Å². The lowest BCUT2D eigenvalue weighted by Crippen LogP contribution is -2.17. The molecule has 2 rings (SSSR count). The highest BCUT2D eigenvalue weighted by Gasteiger charge is 2.22. The monoisotopic (exact) mass is 189 g/mol. The number of nitrogens with zero attached hydrogens (tertiary/aromatic N) is 1. The molecule has 0 saturated heterocycles. The molecule has 1 atom stereocenters. The topological polar surface area (TPSA) is 32.6 Å². The third-order valence-corrected chi connectivity index (χ3v) is 2.91. The molecule has 1 saturated carbocycles. The standard InChI is InChI=1S/C12H15NO/c14-13-12-9-5-4-8-11(12)10-6-2-1-3-7-10/h1-3,6-7,11,14H,4-5,8-9H2/b13-12+/t11-/m0/s1. The largest absolute Gasteiger partial charge is 0.411 e. The minimum Gasteiger partial charge on any atom is -0.411 e. The third-order valence-electron chi connectivity index (χ3n) is 2.91. The highest BCUT2D eigenvalue weighted by Crippen LogP contribution is 2.30. The van der Waals surface area contributed by atoms with E-state index in [9.17, 15) is 0 Å². The van der Waals surface area contributed by atoms with E-state index in [2.05, 4.69) is 17.3 Å². The van der Waals surface area contributed by atoms with Gasteiger partial charge in [-0.3, -0.25) is 0 Å². The Hall–Kier alpha value is -1.31. The lowest BCUT2D eigenvalue weighted by molar-refractivity contribution is 0.312. The van der Waals surface area contributed by atoms with Crippen molar-refractivity contribution in [3.63, 3.8) is 0 Å². The van der Waals surface area contributed by atoms with Crippen LogP contribution in [0.25, 0.3) is 0 Å². The first-order valence-corrected chi connectivity index (χ1v) is 5.17. The first kappa shape index (κ1) is 9.25. The minimum absolute atomic E-state index is 0.343. The van der Waals surface area contributed by atoms with Crippen LogP contribution in [0.3, 0.4) is 0 Å². The molecule has 0 unspecified atom stereocenters. The van der Waals surface area contributed by atoms with Gasteiger partial charge in [0, 0.05) is 5.92 Å². The Morgan fingerprint density at radius 2 is 1.93 bits per heavy atom. The van der Waals surface area contributed by atoms with Crippen molar-refractivity contribution in [3.05, 3.63) is 35.9 Å². The number of benzene rings is 1. The number of hydrogen-bond acceptors (Lipinski definition) is 2. The SMILES string of the molecule is O/N=C1\CCCC[C@H]1c1ccccc1. The zero-order chi connectivity index (χ0) is 9.80. The normalized spacial score (nSPS) is 25.1. The minimum atomic E-state index is 0.343. The first-order valence-electron chi connectivity index (χ1n) is 5.17. The Bertz CT molecular complexity index is 318. The van der Waals surface area contributed by atoms with Crippen LogP contribution in [0.4, 0.5) is 0 Å². The zero-order valence-electron chi connectivity index (χ0n) is 8.19. The maximum absolute atomic E-state index is 8.91. The van der Waals surface area contributed by atoms with Crippen LogP contribution in [0.2, 0.25) is 0 Å². The van der Waals surface area contributed by atoms with Gasteiger partial charge in [-0.05, 0) is 24.8 Å². The quantitative estimate of drug-likeness (QED) is 0.534. The Labute approximate surface area is 84.3 Å². The van der Waals surface area contributed by atoms with Gasteiger partial charge in [0.2, 0.25) is 0 Å². The van der Waals surface area contributed by atoms with Crippen LogP contribution in [-0.2, 0) is 0 Å². The predicted molar refractivity (Wildman–Crippen MR) is 56.9 cm³/mol. The Morgan fingerprint density at radius 3 is 2.64 bits per heavy atom. The van der Waals surface area contributed by atoms with E-state index in [-0.39, 0.29) is 0 Å². The molecule has 2 nitrogen and oxygen atoms in total. The van der Waals surface area contributed by atoms with Crippen molar-refractivity contribution >= 4 is 5.71 Å². The molecule has 14 heavy (non-hydrogen) atoms. The van der Waals surface area contributed by atoms with Crippen molar-refractivity contribution in [1.29, 1.82) is 0 Å². The molecule has 1 N–H and O–H groups in total. The summed E-state index contributed by atoms with van der Waals surface area (Å²) >= 11 is 0. The number of hydrogen-bond donors (Lipinski definition) is 1. The molecule has 1 aromatic carbocycles. The van der Waals surface area contributed by atoms with Gasteiger partial charge < -0.3 is 5.21 Å². The summed E-state index contributed by atoms with van der Waals surface area (Å²) in [6.45, 7) is 0. The lowest BCUT2D eigenvalue weighted by Gasteiger charge is -2.23. The second-order valence-electron chi connectivity index (χ2n) is 3.80. The summed E-state index contributed by atoms with van der Waals surface area (Å²) in [4.78, 5) is 0. The third kappa shape index (κ3) is 1.79. The molecule has 0 heterocycles. The number of rotatable bonds is 1. The molecule has 1 aliphatic rings. The van der Waals surface area contributed by atoms with Gasteiger partial charge in [-0.1, -0.05) is 41.9 Å². The van der Waals surface area contributed by atoms with Crippen LogP contribution in [-0.4, -0.2) is 10.9 Å². The van der Waals surface area contributed by atoms with Gasteiger partial charge in [0.1, 0.15) is 0 Å². The molecule has 1 aromatic rings. The van der Waals surface area contributed by atoms with Crippen molar-refractivity contribution in [2.75, 3.05) is 0 Å². The maximum Gasteiger partial charge on any atom is 0.0645 e. The molecule has 74 valence electrons. The summed E-state index contributed by atoms with van der Waals surface area (Å²) in [5, 5.41) is 12.3. The van der Waals surface area contributed by atoms with E-state index in [1.165, 1.54) is 12.0 Å². The highest BCUT2D eigenvalue weighted by atomic mass is 16.4. The van der Waals surface area contributed by atoms with E-state index in [0.29, 0.717) is 5.92 Å². The van der Waals surface area contributed by atoms with E-state index in [0.717, 1.165) is 25.0 Å². The van der Waals surface area contributed by atoms with Crippen LogP contribution >= 0.6 is 0 Å². The Kier molecular flexibility index (Phi) is 2.82. The molecule has 0 radical (unpaired) electrons. The average molecular weight is 189 g/mol. The van der Waals surface area contributed by atoms with Gasteiger partial charge in [-0.15, -0.1) is 0 Å². The zero-order valence-corrected chi connectivity index (χ0v) is 8.19. The van der Waals surface area contributed by atoms with Gasteiger partial charge in [0.25, 0.3) is 0 Å². The fourth-order valence-electron chi connectivity index (χ4n) is 2.16. The summed E-state index contributed by atoms with van der Waals surface area (Å²) < 4.78 is 0. The second-order valence-corrected chi connectivity index (χ2v) is 3.80. The molecule has 0 spiro atoms. The molecule has 1 fully saturated rings. The molecule has 0 bridgehead atoms. The molecule has 0 aliphatic heterocycles. The molecule has 0 aromatic heterocycles. The van der Waals surface area contributed by atoms with Crippen molar-refractivity contribution in [2.45, 2.75) is 31.6 Å². The van der Waals surface area contributed by atoms with Crippen molar-refractivity contribution in [2.24, 2.45) is 5.16 Å². The summed E-state index contributed by atoms with van der Waals surface area (Å²) in [6.07, 6.45) is 4.45. The Morgan fingerprint density at radius 1 is 1.14 bits per heavy atom. The van der Waals surface area contributed by atoms with Crippen molar-refractivity contribution in [1.82, 2.24) is 0 Å². The van der Waals surface area contributed by atoms with Gasteiger partial charge in [0.05, 0.1) is 5.71 Å². The summed E-state index contributed by atoms with van der Waals surface area (Å²) in [7, 11) is 0. The molecule has 2 heteroatoms. The molecule has 1 aliphatic carbocycles. The van der Waals surface area contributed by atoms with E-state index >= 15 is 0 Å². The summed E-state index contributed by atoms with van der Waals surface area (Å²) in [5.41, 5.74) is 2.22. The summed E-state index contributed by atoms with van der Waals surface area (Å²) in [5.74, 6) is 0.343. The fourth-order valence-corrected chi connectivity index (χ4v) is 2.16. The van der Waals surface area contributed by atoms with E-state index in [1.807, 2.05) is 18.2 Å². The van der Waals surface area contributed by atoms with Crippen LogP contribution < -0.4 is 0 Å². The van der Waals surface area contributed by atoms with Gasteiger partial charge >= 0.3 is 0 Å². The smallest absolute Gasteiger partial charge is 0.0645 e.